The van der Waals surface area contributed by atoms with Crippen LogP contribution in [0.1, 0.15) is 33.4 Å². The minimum absolute atomic E-state index is 0.00375. The van der Waals surface area contributed by atoms with E-state index in [1.54, 1.807) is 0 Å². The maximum atomic E-state index is 14.7. The number of para-hydroxylation sites is 1. The Bertz CT molecular complexity index is 3990. The molecular formula is C66H35F18N. The Morgan fingerprint density at radius 3 is 0.788 bits per heavy atom. The standard InChI is InChI=1S/C66H35F18N/c67-61(68,69)45-31-44(32-46(35-45)62(70,71)72)51-15-5-10-20-58(51)85-59-23-21-36(38-25-40(47-11-1-6-16-54(47)63(73,74)75)29-41(26-38)48-12-2-7-17-55(48)64(76,77)78)33-52(59)53-34-37(22-24-60(53)85)39-27-42(49-13-3-8-18-56(49)65(79,80)81)30-43(28-39)50-14-4-9-19-57(50)66(82,83)84/h1-35H. The van der Waals surface area contributed by atoms with Crippen molar-refractivity contribution in [1.29, 1.82) is 0 Å². The average Bonchev–Trinajstić information content (AvgIpc) is 1.86. The highest BCUT2D eigenvalue weighted by atomic mass is 19.4. The second-order valence-corrected chi connectivity index (χ2v) is 19.9. The van der Waals surface area contributed by atoms with Gasteiger partial charge >= 0.3 is 37.1 Å². The number of alkyl halides is 18. The molecule has 0 amide bonds. The van der Waals surface area contributed by atoms with Crippen molar-refractivity contribution < 1.29 is 79.0 Å². The molecule has 11 rings (SSSR count). The summed E-state index contributed by atoms with van der Waals surface area (Å²) in [6, 6.07) is 40.5. The predicted octanol–water partition coefficient (Wildman–Crippen LogP) is 22.6. The summed E-state index contributed by atoms with van der Waals surface area (Å²) in [4.78, 5) is 0. The maximum absolute atomic E-state index is 14.7. The third-order valence-electron chi connectivity index (χ3n) is 14.5. The van der Waals surface area contributed by atoms with Crippen LogP contribution in [0.4, 0.5) is 79.0 Å². The van der Waals surface area contributed by atoms with E-state index < -0.39 is 98.3 Å². The van der Waals surface area contributed by atoms with Gasteiger partial charge in [-0.3, -0.25) is 0 Å². The molecule has 0 fully saturated rings. The van der Waals surface area contributed by atoms with Crippen LogP contribution in [0.2, 0.25) is 0 Å². The van der Waals surface area contributed by atoms with Gasteiger partial charge in [-0.2, -0.15) is 79.0 Å². The Morgan fingerprint density at radius 1 is 0.212 bits per heavy atom. The van der Waals surface area contributed by atoms with Gasteiger partial charge in [-0.25, -0.2) is 0 Å². The van der Waals surface area contributed by atoms with Gasteiger partial charge in [0.25, 0.3) is 0 Å². The Morgan fingerprint density at radius 2 is 0.482 bits per heavy atom. The third kappa shape index (κ3) is 11.2. The molecule has 1 nitrogen and oxygen atoms in total. The van der Waals surface area contributed by atoms with Crippen LogP contribution in [-0.4, -0.2) is 4.57 Å². The summed E-state index contributed by atoms with van der Waals surface area (Å²) in [5, 5.41) is 0.396. The first-order valence-electron chi connectivity index (χ1n) is 25.4. The Labute approximate surface area is 470 Å². The molecular weight excluding hydrogens is 1150 g/mol. The van der Waals surface area contributed by atoms with Crippen LogP contribution in [0.5, 0.6) is 0 Å². The summed E-state index contributed by atoms with van der Waals surface area (Å²) in [5.74, 6) is 0. The largest absolute Gasteiger partial charge is 0.417 e. The van der Waals surface area contributed by atoms with E-state index in [1.807, 2.05) is 0 Å². The third-order valence-corrected chi connectivity index (χ3v) is 14.5. The number of hydrogen-bond donors (Lipinski definition) is 0. The van der Waals surface area contributed by atoms with E-state index in [-0.39, 0.29) is 83.6 Å². The van der Waals surface area contributed by atoms with Crippen molar-refractivity contribution in [1.82, 2.24) is 4.57 Å². The average molecular weight is 1180 g/mol. The van der Waals surface area contributed by atoms with Crippen LogP contribution < -0.4 is 0 Å². The SMILES string of the molecule is FC(F)(F)c1cc(-c2ccccc2-n2c3ccc(-c4cc(-c5ccccc5C(F)(F)F)cc(-c5ccccc5C(F)(F)F)c4)cc3c3cc(-c4cc(-c5ccccc5C(F)(F)F)cc(-c5ccccc5C(F)(F)F)c4)ccc32)cc(C(F)(F)F)c1. The van der Waals surface area contributed by atoms with Crippen LogP contribution in [0.15, 0.2) is 212 Å². The molecule has 0 aliphatic carbocycles. The van der Waals surface area contributed by atoms with E-state index in [0.29, 0.717) is 12.1 Å². The molecule has 0 unspecified atom stereocenters. The second-order valence-electron chi connectivity index (χ2n) is 19.9. The molecule has 1 aromatic heterocycles. The number of halogens is 18. The fourth-order valence-electron chi connectivity index (χ4n) is 10.8. The van der Waals surface area contributed by atoms with Crippen molar-refractivity contribution in [2.24, 2.45) is 0 Å². The lowest BCUT2D eigenvalue weighted by atomic mass is 9.89. The summed E-state index contributed by atoms with van der Waals surface area (Å²) in [5.41, 5.74) is -9.85. The normalized spacial score (nSPS) is 12.8. The zero-order valence-corrected chi connectivity index (χ0v) is 43.0. The molecule has 11 aromatic rings. The van der Waals surface area contributed by atoms with Crippen molar-refractivity contribution in [3.05, 3.63) is 246 Å². The molecule has 0 atom stereocenters. The van der Waals surface area contributed by atoms with Crippen LogP contribution in [-0.2, 0) is 37.1 Å². The van der Waals surface area contributed by atoms with Gasteiger partial charge < -0.3 is 4.57 Å². The van der Waals surface area contributed by atoms with Gasteiger partial charge in [-0.15, -0.1) is 0 Å². The highest BCUT2D eigenvalue weighted by molar-refractivity contribution is 6.12. The quantitative estimate of drug-likeness (QED) is 0.134. The second kappa shape index (κ2) is 20.8. The molecule has 19 heteroatoms. The number of fused-ring (bicyclic) bond motifs is 3. The molecule has 0 aliphatic heterocycles. The van der Waals surface area contributed by atoms with E-state index >= 15 is 0 Å². The van der Waals surface area contributed by atoms with Crippen LogP contribution >= 0.6 is 0 Å². The van der Waals surface area contributed by atoms with E-state index in [9.17, 15) is 79.0 Å². The van der Waals surface area contributed by atoms with Gasteiger partial charge in [0.05, 0.1) is 50.1 Å². The van der Waals surface area contributed by atoms with Crippen molar-refractivity contribution in [3.63, 3.8) is 0 Å². The Balaban J connectivity index is 1.22. The molecule has 85 heavy (non-hydrogen) atoms. The molecule has 0 saturated heterocycles. The Kier molecular flexibility index (Phi) is 14.1. The topological polar surface area (TPSA) is 4.93 Å². The molecule has 0 spiro atoms. The lowest BCUT2D eigenvalue weighted by Crippen LogP contribution is -2.11. The fraction of sp³-hybridized carbons (Fsp3) is 0.0909. The molecule has 0 saturated carbocycles. The summed E-state index contributed by atoms with van der Waals surface area (Å²) in [6.07, 6.45) is -30.3. The summed E-state index contributed by atoms with van der Waals surface area (Å²) in [7, 11) is 0. The molecule has 0 bridgehead atoms. The Hall–Kier alpha value is -9.26. The number of nitrogens with zero attached hydrogens (tertiary/aromatic N) is 1. The highest BCUT2D eigenvalue weighted by Crippen LogP contribution is 2.48. The van der Waals surface area contributed by atoms with E-state index in [2.05, 4.69) is 0 Å². The van der Waals surface area contributed by atoms with E-state index in [4.69, 9.17) is 0 Å². The molecule has 1 heterocycles. The van der Waals surface area contributed by atoms with Crippen molar-refractivity contribution in [2.45, 2.75) is 37.1 Å². The molecule has 0 aliphatic rings. The molecule has 430 valence electrons. The number of hydrogen-bond acceptors (Lipinski definition) is 0. The van der Waals surface area contributed by atoms with E-state index in [1.165, 1.54) is 126 Å². The predicted molar refractivity (Wildman–Crippen MR) is 289 cm³/mol. The zero-order chi connectivity index (χ0) is 60.8. The van der Waals surface area contributed by atoms with Crippen LogP contribution in [0.25, 0.3) is 105 Å². The van der Waals surface area contributed by atoms with Crippen molar-refractivity contribution >= 4 is 21.8 Å². The van der Waals surface area contributed by atoms with Crippen molar-refractivity contribution in [2.75, 3.05) is 0 Å². The van der Waals surface area contributed by atoms with Crippen LogP contribution in [0.3, 0.4) is 0 Å². The minimum atomic E-state index is -5.26. The molecule has 0 radical (unpaired) electrons. The van der Waals surface area contributed by atoms with Crippen molar-refractivity contribution in [3.8, 4) is 83.6 Å². The molecule has 0 N–H and O–H groups in total. The first kappa shape index (κ1) is 57.6. The fourth-order valence-corrected chi connectivity index (χ4v) is 10.8. The minimum Gasteiger partial charge on any atom is -0.309 e. The van der Waals surface area contributed by atoms with Gasteiger partial charge in [0.1, 0.15) is 0 Å². The van der Waals surface area contributed by atoms with Crippen LogP contribution in [0, 0.1) is 0 Å². The molecule has 10 aromatic carbocycles. The summed E-state index contributed by atoms with van der Waals surface area (Å²) >= 11 is 0. The summed E-state index contributed by atoms with van der Waals surface area (Å²) in [6.45, 7) is 0. The van der Waals surface area contributed by atoms with Gasteiger partial charge in [0, 0.05) is 16.3 Å². The summed E-state index contributed by atoms with van der Waals surface area (Å²) < 4.78 is 264. The number of benzene rings is 10. The maximum Gasteiger partial charge on any atom is 0.417 e. The lowest BCUT2D eigenvalue weighted by molar-refractivity contribution is -0.143. The smallest absolute Gasteiger partial charge is 0.309 e. The monoisotopic (exact) mass is 1180 g/mol. The van der Waals surface area contributed by atoms with Gasteiger partial charge in [-0.1, -0.05) is 103 Å². The van der Waals surface area contributed by atoms with Gasteiger partial charge in [0.15, 0.2) is 0 Å². The number of aromatic nitrogens is 1. The lowest BCUT2D eigenvalue weighted by Gasteiger charge is -2.18. The first-order valence-corrected chi connectivity index (χ1v) is 25.4. The van der Waals surface area contributed by atoms with Gasteiger partial charge in [-0.05, 0) is 182 Å². The highest BCUT2D eigenvalue weighted by Gasteiger charge is 2.40. The van der Waals surface area contributed by atoms with Gasteiger partial charge in [0.2, 0.25) is 0 Å². The first-order chi connectivity index (χ1) is 39.9. The van der Waals surface area contributed by atoms with E-state index in [0.717, 1.165) is 72.8 Å². The zero-order valence-electron chi connectivity index (χ0n) is 43.0. The number of rotatable bonds is 8.